The van der Waals surface area contributed by atoms with E-state index in [2.05, 4.69) is 15.6 Å². The van der Waals surface area contributed by atoms with Crippen LogP contribution in [0.5, 0.6) is 5.75 Å². The lowest BCUT2D eigenvalue weighted by Crippen LogP contribution is -2.17. The van der Waals surface area contributed by atoms with Crippen LogP contribution in [0.15, 0.2) is 53.7 Å². The first-order valence-electron chi connectivity index (χ1n) is 8.41. The molecule has 0 unspecified atom stereocenters. The van der Waals surface area contributed by atoms with Gasteiger partial charge in [-0.1, -0.05) is 42.1 Å². The second kappa shape index (κ2) is 8.71. The lowest BCUT2D eigenvalue weighted by Gasteiger charge is -2.12. The van der Waals surface area contributed by atoms with Crippen LogP contribution in [0, 0.1) is 12.7 Å². The first kappa shape index (κ1) is 18.3. The fourth-order valence-electron chi connectivity index (χ4n) is 2.42. The molecule has 0 spiro atoms. The molecule has 1 aromatic heterocycles. The zero-order valence-corrected chi connectivity index (χ0v) is 15.6. The van der Waals surface area contributed by atoms with Gasteiger partial charge in [-0.2, -0.15) is 0 Å². The minimum Gasteiger partial charge on any atom is -0.494 e. The predicted octanol–water partition coefficient (Wildman–Crippen LogP) is 4.16. The molecular weight excluding hydrogens is 351 g/mol. The van der Waals surface area contributed by atoms with Crippen molar-refractivity contribution in [2.24, 2.45) is 0 Å². The van der Waals surface area contributed by atoms with Gasteiger partial charge in [0.1, 0.15) is 17.4 Å². The van der Waals surface area contributed by atoms with Crippen molar-refractivity contribution in [2.75, 3.05) is 12.0 Å². The van der Waals surface area contributed by atoms with Crippen molar-refractivity contribution in [3.05, 3.63) is 71.3 Å². The van der Waals surface area contributed by atoms with Crippen molar-refractivity contribution >= 4 is 11.8 Å². The van der Waals surface area contributed by atoms with Crippen LogP contribution in [0.4, 0.5) is 4.39 Å². The molecule has 0 atom stereocenters. The number of nitrogens with zero attached hydrogens (tertiary/aromatic N) is 3. The first-order chi connectivity index (χ1) is 12.7. The van der Waals surface area contributed by atoms with Crippen LogP contribution >= 0.6 is 11.8 Å². The van der Waals surface area contributed by atoms with Gasteiger partial charge in [0, 0.05) is 5.75 Å². The van der Waals surface area contributed by atoms with E-state index in [1.165, 1.54) is 17.8 Å². The minimum atomic E-state index is -0.204. The van der Waals surface area contributed by atoms with Crippen LogP contribution in [-0.2, 0) is 12.3 Å². The zero-order valence-electron chi connectivity index (χ0n) is 14.8. The normalized spacial score (nSPS) is 10.7. The number of halogens is 1. The van der Waals surface area contributed by atoms with Gasteiger partial charge in [0.05, 0.1) is 13.2 Å². The monoisotopic (exact) mass is 372 g/mol. The molecule has 0 aliphatic heterocycles. The van der Waals surface area contributed by atoms with Crippen molar-refractivity contribution in [3.63, 3.8) is 0 Å². The Labute approximate surface area is 156 Å². The Morgan fingerprint density at radius 3 is 2.62 bits per heavy atom. The Morgan fingerprint density at radius 1 is 1.12 bits per heavy atom. The van der Waals surface area contributed by atoms with Gasteiger partial charge in [0.15, 0.2) is 0 Å². The average Bonchev–Trinajstić information content (AvgIpc) is 3.00. The van der Waals surface area contributed by atoms with E-state index in [-0.39, 0.29) is 5.82 Å². The zero-order chi connectivity index (χ0) is 18.4. The third kappa shape index (κ3) is 4.54. The molecule has 1 N–H and O–H groups in total. The van der Waals surface area contributed by atoms with Gasteiger partial charge < -0.3 is 10.2 Å². The molecule has 2 aromatic carbocycles. The van der Waals surface area contributed by atoms with Crippen molar-refractivity contribution in [3.8, 4) is 5.75 Å². The highest BCUT2D eigenvalue weighted by Crippen LogP contribution is 2.22. The number of hydrogen-bond acceptors (Lipinski definition) is 5. The van der Waals surface area contributed by atoms with Gasteiger partial charge in [-0.3, -0.25) is 0 Å². The van der Waals surface area contributed by atoms with Crippen LogP contribution in [0.25, 0.3) is 0 Å². The number of aromatic nitrogens is 3. The second-order valence-corrected chi connectivity index (χ2v) is 6.60. The van der Waals surface area contributed by atoms with E-state index in [0.717, 1.165) is 17.1 Å². The van der Waals surface area contributed by atoms with Gasteiger partial charge in [-0.25, -0.2) is 9.07 Å². The van der Waals surface area contributed by atoms with Crippen LogP contribution in [0.3, 0.4) is 0 Å². The smallest absolute Gasteiger partial charge is 0.210 e. The van der Waals surface area contributed by atoms with Crippen molar-refractivity contribution in [2.45, 2.75) is 31.3 Å². The quantitative estimate of drug-likeness (QED) is 0.602. The Hall–Kier alpha value is -2.54. The number of aryl methyl sites for hydroxylation is 1. The van der Waals surface area contributed by atoms with Gasteiger partial charge in [0.25, 0.3) is 0 Å². The molecule has 0 aliphatic rings. The summed E-state index contributed by atoms with van der Waals surface area (Å²) in [7, 11) is 0. The Bertz CT molecular complexity index is 851. The van der Waals surface area contributed by atoms with Crippen LogP contribution in [-0.4, -0.2) is 21.5 Å². The third-order valence-corrected chi connectivity index (χ3v) is 4.76. The molecule has 0 bridgehead atoms. The van der Waals surface area contributed by atoms with E-state index in [0.29, 0.717) is 29.6 Å². The summed E-state index contributed by atoms with van der Waals surface area (Å²) in [5.41, 5.74) is 5.08. The summed E-state index contributed by atoms with van der Waals surface area (Å²) in [6.07, 6.45) is 0. The third-order valence-electron chi connectivity index (χ3n) is 3.79. The van der Waals surface area contributed by atoms with Crippen molar-refractivity contribution < 1.29 is 9.13 Å². The van der Waals surface area contributed by atoms with E-state index in [1.807, 2.05) is 48.9 Å². The summed E-state index contributed by atoms with van der Waals surface area (Å²) in [5.74, 6) is 1.91. The minimum absolute atomic E-state index is 0.204. The van der Waals surface area contributed by atoms with E-state index in [1.54, 1.807) is 12.1 Å². The largest absolute Gasteiger partial charge is 0.494 e. The van der Waals surface area contributed by atoms with Crippen LogP contribution in [0.1, 0.15) is 23.9 Å². The number of ether oxygens (including phenoxy) is 1. The summed E-state index contributed by atoms with van der Waals surface area (Å²) in [6.45, 7) is 5.12. The summed E-state index contributed by atoms with van der Waals surface area (Å²) >= 11 is 1.45. The molecule has 0 saturated carbocycles. The van der Waals surface area contributed by atoms with Gasteiger partial charge >= 0.3 is 0 Å². The van der Waals surface area contributed by atoms with Gasteiger partial charge in [-0.05, 0) is 43.2 Å². The molecule has 0 amide bonds. The molecule has 1 heterocycles. The maximum absolute atomic E-state index is 13.8. The lowest BCUT2D eigenvalue weighted by molar-refractivity contribution is 0.340. The number of thioether (sulfide) groups is 1. The molecule has 0 saturated heterocycles. The topological polar surface area (TPSA) is 52.0 Å². The number of hydrogen-bond donors (Lipinski definition) is 1. The summed E-state index contributed by atoms with van der Waals surface area (Å²) in [4.78, 5) is 0. The number of benzene rings is 2. The molecule has 7 heteroatoms. The molecule has 136 valence electrons. The average molecular weight is 372 g/mol. The van der Waals surface area contributed by atoms with Gasteiger partial charge in [0.2, 0.25) is 5.16 Å². The van der Waals surface area contributed by atoms with E-state index in [9.17, 15) is 4.39 Å². The molecule has 26 heavy (non-hydrogen) atoms. The molecule has 0 fully saturated rings. The highest BCUT2D eigenvalue weighted by Gasteiger charge is 2.11. The van der Waals surface area contributed by atoms with Gasteiger partial charge in [-0.15, -0.1) is 10.2 Å². The van der Waals surface area contributed by atoms with E-state index < -0.39 is 0 Å². The standard InChI is InChI=1S/C19H21FN4OS/c1-3-25-17-10-8-15(9-11-17)12-21-24-14(2)22-23-19(24)26-13-16-6-4-5-7-18(16)20/h4-11,21H,3,12-13H2,1-2H3. The predicted molar refractivity (Wildman–Crippen MR) is 101 cm³/mol. The van der Waals surface area contributed by atoms with Crippen molar-refractivity contribution in [1.29, 1.82) is 0 Å². The molecule has 3 rings (SSSR count). The fourth-order valence-corrected chi connectivity index (χ4v) is 3.36. The summed E-state index contributed by atoms with van der Waals surface area (Å²) in [5, 5.41) is 9.01. The molecule has 0 aliphatic carbocycles. The van der Waals surface area contributed by atoms with Crippen LogP contribution in [0.2, 0.25) is 0 Å². The molecule has 5 nitrogen and oxygen atoms in total. The van der Waals surface area contributed by atoms with E-state index >= 15 is 0 Å². The number of nitrogens with one attached hydrogen (secondary N) is 1. The van der Waals surface area contributed by atoms with Crippen molar-refractivity contribution in [1.82, 2.24) is 14.9 Å². The highest BCUT2D eigenvalue weighted by atomic mass is 32.2. The lowest BCUT2D eigenvalue weighted by atomic mass is 10.2. The Balaban J connectivity index is 1.63. The molecule has 0 radical (unpaired) electrons. The SMILES string of the molecule is CCOc1ccc(CNn2c(C)nnc2SCc2ccccc2F)cc1. The summed E-state index contributed by atoms with van der Waals surface area (Å²) < 4.78 is 21.1. The molecular formula is C19H21FN4OS. The maximum Gasteiger partial charge on any atom is 0.210 e. The molecule has 3 aromatic rings. The van der Waals surface area contributed by atoms with E-state index in [4.69, 9.17) is 4.74 Å². The highest BCUT2D eigenvalue weighted by molar-refractivity contribution is 7.98. The van der Waals surface area contributed by atoms with Crippen LogP contribution < -0.4 is 10.2 Å². The number of rotatable bonds is 8. The summed E-state index contributed by atoms with van der Waals surface area (Å²) in [6, 6.07) is 14.7. The Kier molecular flexibility index (Phi) is 6.12. The first-order valence-corrected chi connectivity index (χ1v) is 9.39. The Morgan fingerprint density at radius 2 is 1.88 bits per heavy atom. The maximum atomic E-state index is 13.8. The second-order valence-electron chi connectivity index (χ2n) is 5.66. The fraction of sp³-hybridized carbons (Fsp3) is 0.263.